The van der Waals surface area contributed by atoms with E-state index in [1.54, 1.807) is 7.05 Å². The molecule has 3 nitrogen and oxygen atoms in total. The van der Waals surface area contributed by atoms with Gasteiger partial charge in [-0.3, -0.25) is 4.79 Å². The van der Waals surface area contributed by atoms with Gasteiger partial charge in [-0.2, -0.15) is 0 Å². The third-order valence-electron chi connectivity index (χ3n) is 1.66. The van der Waals surface area contributed by atoms with Crippen molar-refractivity contribution in [3.05, 3.63) is 0 Å². The fourth-order valence-corrected chi connectivity index (χ4v) is 0.584. The lowest BCUT2D eigenvalue weighted by atomic mass is 9.87. The van der Waals surface area contributed by atoms with Crippen molar-refractivity contribution in [3.63, 3.8) is 0 Å². The molecule has 0 spiro atoms. The fourth-order valence-electron chi connectivity index (χ4n) is 0.584. The van der Waals surface area contributed by atoms with Crippen molar-refractivity contribution in [1.29, 1.82) is 0 Å². The Bertz CT molecular complexity index is 138. The summed E-state index contributed by atoms with van der Waals surface area (Å²) in [5.41, 5.74) is -0.216. The lowest BCUT2D eigenvalue weighted by molar-refractivity contribution is -0.124. The second kappa shape index (κ2) is 3.72. The molecule has 0 fully saturated rings. The topological polar surface area (TPSA) is 49.3 Å². The maximum Gasteiger partial charge on any atom is 0.222 e. The van der Waals surface area contributed by atoms with Crippen molar-refractivity contribution in [3.8, 4) is 0 Å². The second-order valence-corrected chi connectivity index (χ2v) is 3.76. The third kappa shape index (κ3) is 3.98. The van der Waals surface area contributed by atoms with Gasteiger partial charge in [0.25, 0.3) is 0 Å². The van der Waals surface area contributed by atoms with Crippen LogP contribution in [-0.4, -0.2) is 24.2 Å². The summed E-state index contributed by atoms with van der Waals surface area (Å²) in [5, 5.41) is 11.9. The quantitative estimate of drug-likeness (QED) is 0.617. The third-order valence-corrected chi connectivity index (χ3v) is 1.66. The van der Waals surface area contributed by atoms with Crippen LogP contribution in [0.3, 0.4) is 0 Å². The summed E-state index contributed by atoms with van der Waals surface area (Å²) in [6, 6.07) is 0. The van der Waals surface area contributed by atoms with Crippen LogP contribution in [-0.2, 0) is 4.79 Å². The van der Waals surface area contributed by atoms with E-state index in [-0.39, 0.29) is 17.7 Å². The zero-order valence-corrected chi connectivity index (χ0v) is 7.64. The molecule has 1 amide bonds. The Morgan fingerprint density at radius 2 is 2.00 bits per heavy atom. The average Bonchev–Trinajstić information content (AvgIpc) is 1.85. The molecule has 0 saturated carbocycles. The van der Waals surface area contributed by atoms with E-state index in [0.717, 1.165) is 0 Å². The molecule has 0 aromatic rings. The molecule has 0 aliphatic carbocycles. The molecular formula is C8H17NO2. The van der Waals surface area contributed by atoms with Gasteiger partial charge in [0, 0.05) is 7.05 Å². The first-order chi connectivity index (χ1) is 4.88. The van der Waals surface area contributed by atoms with E-state index in [9.17, 15) is 9.90 Å². The van der Waals surface area contributed by atoms with Crippen LogP contribution in [0.1, 0.15) is 27.2 Å². The summed E-state index contributed by atoms with van der Waals surface area (Å²) in [6.45, 7) is 5.71. The van der Waals surface area contributed by atoms with Crippen molar-refractivity contribution in [2.24, 2.45) is 5.41 Å². The molecular weight excluding hydrogens is 142 g/mol. The first-order valence-corrected chi connectivity index (χ1v) is 3.76. The van der Waals surface area contributed by atoms with Crippen molar-refractivity contribution < 1.29 is 9.90 Å². The molecule has 0 bridgehead atoms. The summed E-state index contributed by atoms with van der Waals surface area (Å²) in [6.07, 6.45) is -0.387. The predicted octanol–water partition coefficient (Wildman–Crippen LogP) is 0.529. The highest BCUT2D eigenvalue weighted by molar-refractivity contribution is 5.76. The van der Waals surface area contributed by atoms with Gasteiger partial charge in [-0.1, -0.05) is 20.8 Å². The largest absolute Gasteiger partial charge is 0.392 e. The minimum Gasteiger partial charge on any atom is -0.392 e. The van der Waals surface area contributed by atoms with Crippen LogP contribution >= 0.6 is 0 Å². The van der Waals surface area contributed by atoms with E-state index in [1.165, 1.54) is 0 Å². The Morgan fingerprint density at radius 3 is 2.27 bits per heavy atom. The number of aliphatic hydroxyl groups is 1. The molecule has 66 valence electrons. The molecule has 0 aliphatic rings. The first-order valence-electron chi connectivity index (χ1n) is 3.76. The Hall–Kier alpha value is -0.570. The number of hydrogen-bond acceptors (Lipinski definition) is 2. The van der Waals surface area contributed by atoms with Crippen LogP contribution in [0.2, 0.25) is 0 Å². The summed E-state index contributed by atoms with van der Waals surface area (Å²) in [5.74, 6) is -0.118. The maximum absolute atomic E-state index is 10.8. The standard InChI is InChI=1S/C8H17NO2/c1-8(2,3)6(10)5-7(11)9-4/h6,10H,5H2,1-4H3,(H,9,11). The highest BCUT2D eigenvalue weighted by atomic mass is 16.3. The summed E-state index contributed by atoms with van der Waals surface area (Å²) >= 11 is 0. The molecule has 0 heterocycles. The van der Waals surface area contributed by atoms with Gasteiger partial charge in [-0.05, 0) is 5.41 Å². The number of amides is 1. The van der Waals surface area contributed by atoms with Gasteiger partial charge in [-0.25, -0.2) is 0 Å². The fraction of sp³-hybridized carbons (Fsp3) is 0.875. The van der Waals surface area contributed by atoms with Crippen LogP contribution in [0.25, 0.3) is 0 Å². The molecule has 1 unspecified atom stereocenters. The van der Waals surface area contributed by atoms with Crippen LogP contribution < -0.4 is 5.32 Å². The van der Waals surface area contributed by atoms with Gasteiger partial charge in [0.15, 0.2) is 0 Å². The van der Waals surface area contributed by atoms with E-state index in [1.807, 2.05) is 20.8 Å². The van der Waals surface area contributed by atoms with Gasteiger partial charge in [0.1, 0.15) is 0 Å². The molecule has 0 radical (unpaired) electrons. The molecule has 0 aliphatic heterocycles. The predicted molar refractivity (Wildman–Crippen MR) is 44.1 cm³/mol. The van der Waals surface area contributed by atoms with Crippen molar-refractivity contribution >= 4 is 5.91 Å². The van der Waals surface area contributed by atoms with Crippen LogP contribution in [0.15, 0.2) is 0 Å². The van der Waals surface area contributed by atoms with Gasteiger partial charge < -0.3 is 10.4 Å². The SMILES string of the molecule is CNC(=O)CC(O)C(C)(C)C. The van der Waals surface area contributed by atoms with E-state index >= 15 is 0 Å². The van der Waals surface area contributed by atoms with Crippen LogP contribution in [0.5, 0.6) is 0 Å². The monoisotopic (exact) mass is 159 g/mol. The van der Waals surface area contributed by atoms with Gasteiger partial charge >= 0.3 is 0 Å². The molecule has 1 atom stereocenters. The number of carbonyl (C=O) groups is 1. The van der Waals surface area contributed by atoms with Gasteiger partial charge in [0.05, 0.1) is 12.5 Å². The normalized spacial score (nSPS) is 14.3. The summed E-state index contributed by atoms with van der Waals surface area (Å²) in [7, 11) is 1.57. The Kier molecular flexibility index (Phi) is 3.52. The minimum absolute atomic E-state index is 0.118. The molecule has 0 saturated heterocycles. The van der Waals surface area contributed by atoms with Crippen molar-refractivity contribution in [2.75, 3.05) is 7.05 Å². The molecule has 0 aromatic carbocycles. The van der Waals surface area contributed by atoms with Crippen molar-refractivity contribution in [2.45, 2.75) is 33.3 Å². The zero-order valence-electron chi connectivity index (χ0n) is 7.64. The first kappa shape index (κ1) is 10.4. The second-order valence-electron chi connectivity index (χ2n) is 3.76. The number of nitrogens with one attached hydrogen (secondary N) is 1. The summed E-state index contributed by atoms with van der Waals surface area (Å²) < 4.78 is 0. The highest BCUT2D eigenvalue weighted by Crippen LogP contribution is 2.21. The van der Waals surface area contributed by atoms with E-state index in [4.69, 9.17) is 0 Å². The Labute approximate surface area is 67.8 Å². The molecule has 0 rings (SSSR count). The number of aliphatic hydroxyl groups excluding tert-OH is 1. The number of carbonyl (C=O) groups excluding carboxylic acids is 1. The molecule has 0 aromatic heterocycles. The van der Waals surface area contributed by atoms with E-state index in [0.29, 0.717) is 0 Å². The van der Waals surface area contributed by atoms with Gasteiger partial charge in [-0.15, -0.1) is 0 Å². The lowest BCUT2D eigenvalue weighted by Gasteiger charge is -2.24. The van der Waals surface area contributed by atoms with Gasteiger partial charge in [0.2, 0.25) is 5.91 Å². The maximum atomic E-state index is 10.8. The van der Waals surface area contributed by atoms with E-state index < -0.39 is 6.10 Å². The Balaban J connectivity index is 3.87. The summed E-state index contributed by atoms with van der Waals surface area (Å²) in [4.78, 5) is 10.8. The van der Waals surface area contributed by atoms with E-state index in [2.05, 4.69) is 5.32 Å². The molecule has 2 N–H and O–H groups in total. The molecule has 3 heteroatoms. The van der Waals surface area contributed by atoms with Crippen LogP contribution in [0.4, 0.5) is 0 Å². The average molecular weight is 159 g/mol. The number of hydrogen-bond donors (Lipinski definition) is 2. The minimum atomic E-state index is -0.567. The number of rotatable bonds is 2. The zero-order chi connectivity index (χ0) is 9.07. The lowest BCUT2D eigenvalue weighted by Crippen LogP contribution is -2.32. The smallest absolute Gasteiger partial charge is 0.222 e. The van der Waals surface area contributed by atoms with Crippen LogP contribution in [0, 0.1) is 5.41 Å². The van der Waals surface area contributed by atoms with Crippen molar-refractivity contribution in [1.82, 2.24) is 5.32 Å². The highest BCUT2D eigenvalue weighted by Gasteiger charge is 2.23. The Morgan fingerprint density at radius 1 is 1.55 bits per heavy atom. The molecule has 11 heavy (non-hydrogen) atoms.